The number of carbonyl (C=O) groups is 1. The molecule has 0 fully saturated rings. The van der Waals surface area contributed by atoms with E-state index in [1.54, 1.807) is 46.1 Å². The lowest BCUT2D eigenvalue weighted by Gasteiger charge is -2.23. The van der Waals surface area contributed by atoms with Crippen LogP contribution in [0.15, 0.2) is 33.6 Å². The maximum atomic E-state index is 11.9. The SMILES string of the molecule is Cc1cc([C@](C)(O)CNC(=O)Nc2cccn(C)c2=O)c(C)o1. The van der Waals surface area contributed by atoms with Gasteiger partial charge in [-0.15, -0.1) is 0 Å². The molecule has 124 valence electrons. The Morgan fingerprint density at radius 1 is 1.43 bits per heavy atom. The molecule has 0 aliphatic rings. The third-order valence-corrected chi connectivity index (χ3v) is 3.59. The Bertz CT molecular complexity index is 774. The molecule has 0 aliphatic carbocycles. The molecule has 0 aromatic carbocycles. The largest absolute Gasteiger partial charge is 0.466 e. The zero-order valence-electron chi connectivity index (χ0n) is 13.6. The van der Waals surface area contributed by atoms with Crippen molar-refractivity contribution in [1.29, 1.82) is 0 Å². The number of nitrogens with zero attached hydrogens (tertiary/aromatic N) is 1. The van der Waals surface area contributed by atoms with Crippen molar-refractivity contribution in [2.24, 2.45) is 7.05 Å². The highest BCUT2D eigenvalue weighted by Crippen LogP contribution is 2.26. The summed E-state index contributed by atoms with van der Waals surface area (Å²) >= 11 is 0. The van der Waals surface area contributed by atoms with Crippen molar-refractivity contribution in [2.45, 2.75) is 26.4 Å². The monoisotopic (exact) mass is 319 g/mol. The molecule has 2 aromatic heterocycles. The summed E-state index contributed by atoms with van der Waals surface area (Å²) < 4.78 is 6.76. The minimum atomic E-state index is -1.28. The number of amides is 2. The lowest BCUT2D eigenvalue weighted by molar-refractivity contribution is 0.0584. The fourth-order valence-corrected chi connectivity index (χ4v) is 2.37. The van der Waals surface area contributed by atoms with Gasteiger partial charge in [0, 0.05) is 18.8 Å². The predicted molar refractivity (Wildman–Crippen MR) is 86.5 cm³/mol. The van der Waals surface area contributed by atoms with Crippen LogP contribution in [0.1, 0.15) is 24.0 Å². The van der Waals surface area contributed by atoms with Gasteiger partial charge >= 0.3 is 6.03 Å². The van der Waals surface area contributed by atoms with Gasteiger partial charge in [-0.25, -0.2) is 4.79 Å². The lowest BCUT2D eigenvalue weighted by Crippen LogP contribution is -2.41. The molecule has 7 nitrogen and oxygen atoms in total. The average molecular weight is 319 g/mol. The van der Waals surface area contributed by atoms with Crippen molar-refractivity contribution < 1.29 is 14.3 Å². The van der Waals surface area contributed by atoms with E-state index in [0.717, 1.165) is 0 Å². The summed E-state index contributed by atoms with van der Waals surface area (Å²) in [7, 11) is 1.60. The molecule has 2 heterocycles. The Morgan fingerprint density at radius 2 is 2.13 bits per heavy atom. The van der Waals surface area contributed by atoms with E-state index in [0.29, 0.717) is 17.1 Å². The molecule has 0 aliphatic heterocycles. The van der Waals surface area contributed by atoms with Crippen LogP contribution >= 0.6 is 0 Å². The Hall–Kier alpha value is -2.54. The number of anilines is 1. The third-order valence-electron chi connectivity index (χ3n) is 3.59. The van der Waals surface area contributed by atoms with Crippen LogP contribution in [0.4, 0.5) is 10.5 Å². The third kappa shape index (κ3) is 3.81. The van der Waals surface area contributed by atoms with Crippen molar-refractivity contribution in [3.63, 3.8) is 0 Å². The number of pyridine rings is 1. The average Bonchev–Trinajstić information content (AvgIpc) is 2.82. The topological polar surface area (TPSA) is 96.5 Å². The molecule has 2 aromatic rings. The normalized spacial score (nSPS) is 13.4. The number of furan rings is 1. The number of aliphatic hydroxyl groups is 1. The van der Waals surface area contributed by atoms with Gasteiger partial charge in [-0.05, 0) is 39.0 Å². The summed E-state index contributed by atoms with van der Waals surface area (Å²) in [6.07, 6.45) is 1.60. The van der Waals surface area contributed by atoms with Crippen molar-refractivity contribution >= 4 is 11.7 Å². The number of hydrogen-bond acceptors (Lipinski definition) is 4. The molecular formula is C16H21N3O4. The number of aromatic nitrogens is 1. The zero-order valence-corrected chi connectivity index (χ0v) is 13.6. The highest BCUT2D eigenvalue weighted by Gasteiger charge is 2.28. The van der Waals surface area contributed by atoms with Gasteiger partial charge in [-0.2, -0.15) is 0 Å². The molecule has 0 unspecified atom stereocenters. The predicted octanol–water partition coefficient (Wildman–Crippen LogP) is 1.62. The van der Waals surface area contributed by atoms with Crippen LogP contribution in [0.5, 0.6) is 0 Å². The fraction of sp³-hybridized carbons (Fsp3) is 0.375. The highest BCUT2D eigenvalue weighted by atomic mass is 16.3. The van der Waals surface area contributed by atoms with Gasteiger partial charge in [0.2, 0.25) is 0 Å². The molecule has 0 saturated heterocycles. The van der Waals surface area contributed by atoms with Crippen molar-refractivity contribution in [3.8, 4) is 0 Å². The zero-order chi connectivity index (χ0) is 17.2. The van der Waals surface area contributed by atoms with Gasteiger partial charge < -0.3 is 24.7 Å². The standard InChI is InChI=1S/C16H21N3O4/c1-10-8-12(11(2)23-10)16(3,22)9-17-15(21)18-13-6-5-7-19(4)14(13)20/h5-8,22H,9H2,1-4H3,(H2,17,18,21)/t16-/m1/s1. The van der Waals surface area contributed by atoms with Crippen LogP contribution in [0, 0.1) is 13.8 Å². The minimum absolute atomic E-state index is 0.0220. The van der Waals surface area contributed by atoms with E-state index in [-0.39, 0.29) is 17.8 Å². The summed E-state index contributed by atoms with van der Waals surface area (Å²) in [5.74, 6) is 1.29. The van der Waals surface area contributed by atoms with E-state index in [2.05, 4.69) is 10.6 Å². The van der Waals surface area contributed by atoms with Gasteiger partial charge in [0.15, 0.2) is 0 Å². The molecule has 3 N–H and O–H groups in total. The first-order valence-electron chi connectivity index (χ1n) is 7.21. The molecule has 7 heteroatoms. The molecular weight excluding hydrogens is 298 g/mol. The second-order valence-corrected chi connectivity index (χ2v) is 5.75. The Kier molecular flexibility index (Phi) is 4.60. The van der Waals surface area contributed by atoms with Crippen molar-refractivity contribution in [1.82, 2.24) is 9.88 Å². The van der Waals surface area contributed by atoms with Crippen molar-refractivity contribution in [3.05, 3.63) is 51.8 Å². The van der Waals surface area contributed by atoms with Gasteiger partial charge in [0.1, 0.15) is 22.8 Å². The summed E-state index contributed by atoms with van der Waals surface area (Å²) in [5.41, 5.74) is -0.801. The van der Waals surface area contributed by atoms with E-state index < -0.39 is 11.6 Å². The molecule has 23 heavy (non-hydrogen) atoms. The van der Waals surface area contributed by atoms with E-state index in [9.17, 15) is 14.7 Å². The number of nitrogens with one attached hydrogen (secondary N) is 2. The summed E-state index contributed by atoms with van der Waals surface area (Å²) in [4.78, 5) is 23.8. The minimum Gasteiger partial charge on any atom is -0.466 e. The Morgan fingerprint density at radius 3 is 2.74 bits per heavy atom. The van der Waals surface area contributed by atoms with E-state index >= 15 is 0 Å². The maximum Gasteiger partial charge on any atom is 0.319 e. The number of aryl methyl sites for hydroxylation is 3. The van der Waals surface area contributed by atoms with Crippen LogP contribution in [0.3, 0.4) is 0 Å². The van der Waals surface area contributed by atoms with Gasteiger partial charge in [0.05, 0.1) is 6.54 Å². The first kappa shape index (κ1) is 16.8. The number of carbonyl (C=O) groups excluding carboxylic acids is 1. The number of hydrogen-bond donors (Lipinski definition) is 3. The van der Waals surface area contributed by atoms with Crippen LogP contribution in [-0.2, 0) is 12.6 Å². The van der Waals surface area contributed by atoms with E-state index in [1.807, 2.05) is 0 Å². The second-order valence-electron chi connectivity index (χ2n) is 5.75. The lowest BCUT2D eigenvalue weighted by atomic mass is 9.96. The first-order valence-corrected chi connectivity index (χ1v) is 7.21. The van der Waals surface area contributed by atoms with E-state index in [1.165, 1.54) is 10.6 Å². The highest BCUT2D eigenvalue weighted by molar-refractivity contribution is 5.89. The van der Waals surface area contributed by atoms with Crippen LogP contribution < -0.4 is 16.2 Å². The Balaban J connectivity index is 2.02. The fourth-order valence-electron chi connectivity index (χ4n) is 2.37. The molecule has 2 amide bonds. The van der Waals surface area contributed by atoms with Crippen LogP contribution in [-0.4, -0.2) is 22.2 Å². The van der Waals surface area contributed by atoms with E-state index in [4.69, 9.17) is 4.42 Å². The number of urea groups is 1. The van der Waals surface area contributed by atoms with Crippen molar-refractivity contribution in [2.75, 3.05) is 11.9 Å². The Labute approximate surface area is 133 Å². The number of rotatable bonds is 4. The quantitative estimate of drug-likeness (QED) is 0.798. The molecule has 0 bridgehead atoms. The smallest absolute Gasteiger partial charge is 0.319 e. The van der Waals surface area contributed by atoms with Gasteiger partial charge in [0.25, 0.3) is 5.56 Å². The maximum absolute atomic E-state index is 11.9. The van der Waals surface area contributed by atoms with Gasteiger partial charge in [-0.3, -0.25) is 4.79 Å². The van der Waals surface area contributed by atoms with Crippen LogP contribution in [0.2, 0.25) is 0 Å². The molecule has 0 radical (unpaired) electrons. The van der Waals surface area contributed by atoms with Crippen LogP contribution in [0.25, 0.3) is 0 Å². The summed E-state index contributed by atoms with van der Waals surface area (Å²) in [6.45, 7) is 5.11. The van der Waals surface area contributed by atoms with Gasteiger partial charge in [-0.1, -0.05) is 0 Å². The molecule has 1 atom stereocenters. The molecule has 2 rings (SSSR count). The second kappa shape index (κ2) is 6.29. The summed E-state index contributed by atoms with van der Waals surface area (Å²) in [5, 5.41) is 15.6. The molecule has 0 saturated carbocycles. The summed E-state index contributed by atoms with van der Waals surface area (Å²) in [6, 6.07) is 4.35. The first-order chi connectivity index (χ1) is 10.7. The molecule has 0 spiro atoms.